The molecule has 32 heavy (non-hydrogen) atoms. The smallest absolute Gasteiger partial charge is 0.417 e. The lowest BCUT2D eigenvalue weighted by Crippen LogP contribution is -2.30. The summed E-state index contributed by atoms with van der Waals surface area (Å²) in [5.41, 5.74) is 5.38. The van der Waals surface area contributed by atoms with Gasteiger partial charge in [-0.2, -0.15) is 8.78 Å². The minimum atomic E-state index is -4.62. The summed E-state index contributed by atoms with van der Waals surface area (Å²) in [6, 6.07) is 1.95. The Morgan fingerprint density at radius 1 is 1.16 bits per heavy atom. The second kappa shape index (κ2) is 11.2. The van der Waals surface area contributed by atoms with Crippen molar-refractivity contribution in [2.24, 2.45) is 5.73 Å². The van der Waals surface area contributed by atoms with Crippen molar-refractivity contribution in [1.82, 2.24) is 0 Å². The highest BCUT2D eigenvalue weighted by Gasteiger charge is 2.42. The Kier molecular flexibility index (Phi) is 8.86. The summed E-state index contributed by atoms with van der Waals surface area (Å²) in [7, 11) is 0. The number of hydrogen-bond donors (Lipinski definition) is 2. The normalized spacial score (nSPS) is 14.1. The highest BCUT2D eigenvalue weighted by Crippen LogP contribution is 2.32. The van der Waals surface area contributed by atoms with Crippen LogP contribution in [0.1, 0.15) is 25.7 Å². The molecule has 174 valence electrons. The topological polar surface area (TPSA) is 90.7 Å². The first-order valence-corrected chi connectivity index (χ1v) is 9.61. The molecule has 0 unspecified atom stereocenters. The van der Waals surface area contributed by atoms with Crippen molar-refractivity contribution in [2.45, 2.75) is 38.2 Å². The quantitative estimate of drug-likeness (QED) is 0.434. The molecule has 1 aromatic rings. The van der Waals surface area contributed by atoms with Gasteiger partial charge in [0.25, 0.3) is 5.91 Å². The molecule has 0 aliphatic heterocycles. The first-order chi connectivity index (χ1) is 15.0. The number of nitrogens with two attached hydrogens (primary N) is 1. The molecule has 2 rings (SSSR count). The zero-order valence-electron chi connectivity index (χ0n) is 16.5. The first kappa shape index (κ1) is 25.4. The molecule has 0 fully saturated rings. The molecule has 3 N–H and O–H groups in total. The van der Waals surface area contributed by atoms with E-state index in [-0.39, 0.29) is 27.6 Å². The molecule has 0 bridgehead atoms. The number of benzene rings is 1. The second-order valence-electron chi connectivity index (χ2n) is 6.54. The van der Waals surface area contributed by atoms with Crippen LogP contribution in [-0.2, 0) is 14.3 Å². The molecule has 12 heteroatoms. The Morgan fingerprint density at radius 3 is 2.41 bits per heavy atom. The number of amides is 2. The Hall–Kier alpha value is -2.84. The summed E-state index contributed by atoms with van der Waals surface area (Å²) in [6.45, 7) is -1.39. The van der Waals surface area contributed by atoms with Gasteiger partial charge in [0.05, 0.1) is 10.7 Å². The van der Waals surface area contributed by atoms with E-state index in [1.165, 1.54) is 0 Å². The zero-order valence-corrected chi connectivity index (χ0v) is 17.2. The lowest BCUT2D eigenvalue weighted by Gasteiger charge is -2.18. The number of anilines is 1. The minimum absolute atomic E-state index is 0.0933. The Morgan fingerprint density at radius 2 is 1.78 bits per heavy atom. The van der Waals surface area contributed by atoms with Gasteiger partial charge in [0.15, 0.2) is 0 Å². The molecule has 1 aliphatic rings. The van der Waals surface area contributed by atoms with E-state index >= 15 is 0 Å². The van der Waals surface area contributed by atoms with Gasteiger partial charge in [0.1, 0.15) is 24.8 Å². The van der Waals surface area contributed by atoms with Crippen molar-refractivity contribution in [3.8, 4) is 17.6 Å². The van der Waals surface area contributed by atoms with Gasteiger partial charge < -0.3 is 20.5 Å². The van der Waals surface area contributed by atoms with Crippen molar-refractivity contribution >= 4 is 29.1 Å². The summed E-state index contributed by atoms with van der Waals surface area (Å²) in [5, 5.41) is 2.17. The molecule has 0 aromatic heterocycles. The van der Waals surface area contributed by atoms with Gasteiger partial charge in [-0.1, -0.05) is 23.4 Å². The van der Waals surface area contributed by atoms with Crippen LogP contribution in [0.3, 0.4) is 0 Å². The van der Waals surface area contributed by atoms with Crippen molar-refractivity contribution < 1.29 is 41.0 Å². The van der Waals surface area contributed by atoms with Crippen LogP contribution in [0.5, 0.6) is 5.75 Å². The SMILES string of the molecule is NC(=O)C1=C(C(=O)Nc2cc(OCC#CCOC(F)(F)C(F)F)c(Cl)cc2F)CCCC1. The van der Waals surface area contributed by atoms with Crippen LogP contribution in [0.15, 0.2) is 23.3 Å². The maximum Gasteiger partial charge on any atom is 0.417 e. The predicted octanol–water partition coefficient (Wildman–Crippen LogP) is 4.03. The number of alkyl halides is 4. The van der Waals surface area contributed by atoms with E-state index in [9.17, 15) is 31.5 Å². The minimum Gasteiger partial charge on any atom is -0.479 e. The van der Waals surface area contributed by atoms with Crippen LogP contribution in [-0.4, -0.2) is 37.6 Å². The van der Waals surface area contributed by atoms with Crippen LogP contribution in [0, 0.1) is 17.7 Å². The van der Waals surface area contributed by atoms with Crippen molar-refractivity contribution in [1.29, 1.82) is 0 Å². The summed E-state index contributed by atoms with van der Waals surface area (Å²) in [5.74, 6) is 1.92. The van der Waals surface area contributed by atoms with Crippen LogP contribution in [0.4, 0.5) is 27.6 Å². The average molecular weight is 481 g/mol. The Balaban J connectivity index is 2.05. The van der Waals surface area contributed by atoms with Gasteiger partial charge >= 0.3 is 12.5 Å². The molecular formula is C20H18ClF5N2O4. The second-order valence-corrected chi connectivity index (χ2v) is 6.95. The number of nitrogens with one attached hydrogen (secondary N) is 1. The highest BCUT2D eigenvalue weighted by molar-refractivity contribution is 6.32. The van der Waals surface area contributed by atoms with Gasteiger partial charge in [0.2, 0.25) is 5.91 Å². The molecule has 1 aromatic carbocycles. The van der Waals surface area contributed by atoms with E-state index in [0.717, 1.165) is 12.1 Å². The fourth-order valence-corrected chi connectivity index (χ4v) is 2.98. The fraction of sp³-hybridized carbons (Fsp3) is 0.400. The van der Waals surface area contributed by atoms with Gasteiger partial charge in [-0.05, 0) is 31.7 Å². The maximum absolute atomic E-state index is 14.2. The molecule has 0 saturated heterocycles. The largest absolute Gasteiger partial charge is 0.479 e. The molecule has 0 spiro atoms. The summed E-state index contributed by atoms with van der Waals surface area (Å²) >= 11 is 5.88. The molecular weight excluding hydrogens is 463 g/mol. The number of carbonyl (C=O) groups excluding carboxylic acids is 2. The van der Waals surface area contributed by atoms with E-state index < -0.39 is 43.4 Å². The molecule has 0 heterocycles. The van der Waals surface area contributed by atoms with Crippen LogP contribution in [0.2, 0.25) is 5.02 Å². The first-order valence-electron chi connectivity index (χ1n) is 9.23. The molecule has 2 amide bonds. The molecule has 0 saturated carbocycles. The lowest BCUT2D eigenvalue weighted by molar-refractivity contribution is -0.294. The molecule has 6 nitrogen and oxygen atoms in total. The van der Waals surface area contributed by atoms with Crippen LogP contribution < -0.4 is 15.8 Å². The van der Waals surface area contributed by atoms with E-state index in [1.807, 2.05) is 0 Å². The third-order valence-electron chi connectivity index (χ3n) is 4.32. The predicted molar refractivity (Wildman–Crippen MR) is 105 cm³/mol. The number of primary amides is 1. The van der Waals surface area contributed by atoms with Gasteiger partial charge in [-0.25, -0.2) is 13.2 Å². The maximum atomic E-state index is 14.2. The molecule has 1 aliphatic carbocycles. The number of halogens is 6. The Labute approximate surface area is 184 Å². The van der Waals surface area contributed by atoms with Crippen molar-refractivity contribution in [2.75, 3.05) is 18.5 Å². The average Bonchev–Trinajstić information content (AvgIpc) is 2.73. The summed E-state index contributed by atoms with van der Waals surface area (Å²) in [6.07, 6.45) is -6.58. The zero-order chi connectivity index (χ0) is 23.9. The molecule has 0 atom stereocenters. The molecule has 0 radical (unpaired) electrons. The number of rotatable bonds is 8. The van der Waals surface area contributed by atoms with Crippen LogP contribution >= 0.6 is 11.6 Å². The number of ether oxygens (including phenoxy) is 2. The van der Waals surface area contributed by atoms with Gasteiger partial charge in [-0.3, -0.25) is 9.59 Å². The van der Waals surface area contributed by atoms with E-state index in [0.29, 0.717) is 25.7 Å². The summed E-state index contributed by atoms with van der Waals surface area (Å²) < 4.78 is 72.1. The third-order valence-corrected chi connectivity index (χ3v) is 4.62. The van der Waals surface area contributed by atoms with Crippen LogP contribution in [0.25, 0.3) is 0 Å². The van der Waals surface area contributed by atoms with E-state index in [4.69, 9.17) is 22.1 Å². The lowest BCUT2D eigenvalue weighted by atomic mass is 9.90. The van der Waals surface area contributed by atoms with Crippen molar-refractivity contribution in [3.63, 3.8) is 0 Å². The van der Waals surface area contributed by atoms with Gasteiger partial charge in [-0.15, -0.1) is 0 Å². The van der Waals surface area contributed by atoms with E-state index in [1.54, 1.807) is 0 Å². The Bertz CT molecular complexity index is 973. The highest BCUT2D eigenvalue weighted by atomic mass is 35.5. The third kappa shape index (κ3) is 6.83. The fourth-order valence-electron chi connectivity index (χ4n) is 2.77. The standard InChI is InChI=1S/C20H18ClF5N2O4/c21-13-9-14(22)15(28-18(30)12-6-2-1-5-11(12)17(27)29)10-16(13)31-7-3-4-8-32-20(25,26)19(23)24/h9-10,19H,1-2,5-8H2,(H2,27,29)(H,28,30). The van der Waals surface area contributed by atoms with Gasteiger partial charge in [0, 0.05) is 17.2 Å². The van der Waals surface area contributed by atoms with E-state index in [2.05, 4.69) is 21.9 Å². The monoisotopic (exact) mass is 480 g/mol. The summed E-state index contributed by atoms with van der Waals surface area (Å²) in [4.78, 5) is 24.1. The number of hydrogen-bond acceptors (Lipinski definition) is 4. The van der Waals surface area contributed by atoms with Crippen molar-refractivity contribution in [3.05, 3.63) is 34.1 Å². The number of carbonyl (C=O) groups is 2.